The molecule has 0 bridgehead atoms. The number of carbonyl (C=O) groups is 1. The van der Waals surface area contributed by atoms with Crippen LogP contribution in [0, 0.1) is 11.3 Å². The molecule has 0 aromatic heterocycles. The van der Waals surface area contributed by atoms with E-state index >= 15 is 0 Å². The third-order valence-electron chi connectivity index (χ3n) is 2.53. The summed E-state index contributed by atoms with van der Waals surface area (Å²) in [5.74, 6) is 0.826. The summed E-state index contributed by atoms with van der Waals surface area (Å²) in [4.78, 5) is 11.7. The highest BCUT2D eigenvalue weighted by Gasteiger charge is 2.11. The van der Waals surface area contributed by atoms with E-state index in [2.05, 4.69) is 0 Å². The highest BCUT2D eigenvalue weighted by atomic mass is 16.5. The second kappa shape index (κ2) is 6.39. The maximum atomic E-state index is 11.7. The number of hydrogen-bond acceptors (Lipinski definition) is 4. The van der Waals surface area contributed by atoms with E-state index in [0.29, 0.717) is 11.3 Å². The van der Waals surface area contributed by atoms with Crippen LogP contribution in [0.4, 0.5) is 0 Å². The van der Waals surface area contributed by atoms with Crippen molar-refractivity contribution < 1.29 is 14.3 Å². The van der Waals surface area contributed by atoms with Crippen molar-refractivity contribution in [1.29, 1.82) is 5.26 Å². The Morgan fingerprint density at radius 3 is 2.25 bits per heavy atom. The van der Waals surface area contributed by atoms with Crippen LogP contribution < -0.4 is 4.74 Å². The number of benzene rings is 2. The Labute approximate surface area is 117 Å². The number of nitriles is 1. The number of rotatable bonds is 4. The number of carbonyl (C=O) groups excluding carboxylic acids is 1. The molecule has 2 aromatic carbocycles. The SMILES string of the molecule is C[C@H](C#N)OC(=O)c1ccc(Oc2ccccc2)cc1. The molecule has 0 radical (unpaired) electrons. The predicted molar refractivity (Wildman–Crippen MR) is 73.4 cm³/mol. The van der Waals surface area contributed by atoms with Crippen molar-refractivity contribution in [2.45, 2.75) is 13.0 Å². The van der Waals surface area contributed by atoms with Crippen molar-refractivity contribution >= 4 is 5.97 Å². The Morgan fingerprint density at radius 2 is 1.65 bits per heavy atom. The van der Waals surface area contributed by atoms with E-state index < -0.39 is 12.1 Å². The number of hydrogen-bond donors (Lipinski definition) is 0. The average molecular weight is 267 g/mol. The van der Waals surface area contributed by atoms with Crippen LogP contribution in [0.25, 0.3) is 0 Å². The van der Waals surface area contributed by atoms with Crippen LogP contribution in [-0.4, -0.2) is 12.1 Å². The van der Waals surface area contributed by atoms with Crippen molar-refractivity contribution in [1.82, 2.24) is 0 Å². The van der Waals surface area contributed by atoms with Gasteiger partial charge in [0.25, 0.3) is 0 Å². The molecule has 2 aromatic rings. The molecule has 0 unspecified atom stereocenters. The van der Waals surface area contributed by atoms with Crippen LogP contribution >= 0.6 is 0 Å². The van der Waals surface area contributed by atoms with E-state index in [4.69, 9.17) is 14.7 Å². The zero-order valence-electron chi connectivity index (χ0n) is 10.9. The van der Waals surface area contributed by atoms with E-state index in [0.717, 1.165) is 5.75 Å². The molecule has 100 valence electrons. The normalized spacial score (nSPS) is 11.2. The van der Waals surface area contributed by atoms with Gasteiger partial charge in [0.1, 0.15) is 17.6 Å². The van der Waals surface area contributed by atoms with Gasteiger partial charge in [-0.2, -0.15) is 5.26 Å². The first-order valence-electron chi connectivity index (χ1n) is 6.12. The molecule has 0 amide bonds. The van der Waals surface area contributed by atoms with Crippen LogP contribution in [-0.2, 0) is 4.74 Å². The fourth-order valence-electron chi connectivity index (χ4n) is 1.54. The first-order chi connectivity index (χ1) is 9.69. The molecule has 2 rings (SSSR count). The summed E-state index contributed by atoms with van der Waals surface area (Å²) in [5.41, 5.74) is 0.382. The minimum Gasteiger partial charge on any atom is -0.457 e. The summed E-state index contributed by atoms with van der Waals surface area (Å²) in [7, 11) is 0. The van der Waals surface area contributed by atoms with Crippen molar-refractivity contribution in [3.8, 4) is 17.6 Å². The van der Waals surface area contributed by atoms with Gasteiger partial charge < -0.3 is 9.47 Å². The Kier molecular flexibility index (Phi) is 4.35. The predicted octanol–water partition coefficient (Wildman–Crippen LogP) is 3.55. The van der Waals surface area contributed by atoms with E-state index in [1.54, 1.807) is 24.3 Å². The lowest BCUT2D eigenvalue weighted by atomic mass is 10.2. The second-order valence-corrected chi connectivity index (χ2v) is 4.12. The van der Waals surface area contributed by atoms with Gasteiger partial charge in [0.2, 0.25) is 0 Å². The minimum absolute atomic E-state index is 0.382. The second-order valence-electron chi connectivity index (χ2n) is 4.12. The van der Waals surface area contributed by atoms with Crippen LogP contribution in [0.1, 0.15) is 17.3 Å². The quantitative estimate of drug-likeness (QED) is 0.795. The van der Waals surface area contributed by atoms with Gasteiger partial charge in [-0.15, -0.1) is 0 Å². The molecule has 4 nitrogen and oxygen atoms in total. The molecule has 0 aliphatic rings. The van der Waals surface area contributed by atoms with Crippen molar-refractivity contribution in [3.05, 3.63) is 60.2 Å². The van der Waals surface area contributed by atoms with Gasteiger partial charge in [0, 0.05) is 0 Å². The first kappa shape index (κ1) is 13.6. The summed E-state index contributed by atoms with van der Waals surface area (Å²) in [6, 6.07) is 17.8. The van der Waals surface area contributed by atoms with Crippen molar-refractivity contribution in [3.63, 3.8) is 0 Å². The highest BCUT2D eigenvalue weighted by Crippen LogP contribution is 2.21. The van der Waals surface area contributed by atoms with E-state index in [-0.39, 0.29) is 0 Å². The lowest BCUT2D eigenvalue weighted by Gasteiger charge is -2.08. The third-order valence-corrected chi connectivity index (χ3v) is 2.53. The van der Waals surface area contributed by atoms with Crippen LogP contribution in [0.15, 0.2) is 54.6 Å². The van der Waals surface area contributed by atoms with Crippen LogP contribution in [0.5, 0.6) is 11.5 Å². The summed E-state index contributed by atoms with van der Waals surface area (Å²) in [6.45, 7) is 1.52. The standard InChI is InChI=1S/C16H13NO3/c1-12(11-17)19-16(18)13-7-9-15(10-8-13)20-14-5-3-2-4-6-14/h2-10,12H,1H3/t12-/m1/s1. The Balaban J connectivity index is 2.03. The van der Waals surface area contributed by atoms with E-state index in [9.17, 15) is 4.79 Å². The number of nitrogens with zero attached hydrogens (tertiary/aromatic N) is 1. The van der Waals surface area contributed by atoms with Gasteiger partial charge in [0.15, 0.2) is 6.10 Å². The zero-order chi connectivity index (χ0) is 14.4. The summed E-state index contributed by atoms with van der Waals surface area (Å²) in [5, 5.41) is 8.59. The van der Waals surface area contributed by atoms with Crippen molar-refractivity contribution in [2.24, 2.45) is 0 Å². The lowest BCUT2D eigenvalue weighted by Crippen LogP contribution is -2.12. The number of para-hydroxylation sites is 1. The first-order valence-corrected chi connectivity index (χ1v) is 6.12. The molecule has 0 aliphatic carbocycles. The molecular weight excluding hydrogens is 254 g/mol. The summed E-state index contributed by atoms with van der Waals surface area (Å²) < 4.78 is 10.5. The molecule has 20 heavy (non-hydrogen) atoms. The van der Waals surface area contributed by atoms with E-state index in [1.165, 1.54) is 6.92 Å². The van der Waals surface area contributed by atoms with Crippen LogP contribution in [0.3, 0.4) is 0 Å². The number of ether oxygens (including phenoxy) is 2. The zero-order valence-corrected chi connectivity index (χ0v) is 10.9. The average Bonchev–Trinajstić information content (AvgIpc) is 2.49. The van der Waals surface area contributed by atoms with Gasteiger partial charge in [-0.25, -0.2) is 4.79 Å². The largest absolute Gasteiger partial charge is 0.457 e. The van der Waals surface area contributed by atoms with Gasteiger partial charge in [-0.05, 0) is 43.3 Å². The lowest BCUT2D eigenvalue weighted by molar-refractivity contribution is 0.0435. The molecule has 4 heteroatoms. The smallest absolute Gasteiger partial charge is 0.339 e. The molecule has 0 aliphatic heterocycles. The maximum Gasteiger partial charge on any atom is 0.339 e. The fraction of sp³-hybridized carbons (Fsp3) is 0.125. The molecule has 0 saturated carbocycles. The summed E-state index contributed by atoms with van der Waals surface area (Å²) >= 11 is 0. The van der Waals surface area contributed by atoms with Crippen molar-refractivity contribution in [2.75, 3.05) is 0 Å². The van der Waals surface area contributed by atoms with Gasteiger partial charge in [-0.3, -0.25) is 0 Å². The highest BCUT2D eigenvalue weighted by molar-refractivity contribution is 5.89. The topological polar surface area (TPSA) is 59.3 Å². The minimum atomic E-state index is -0.761. The fourth-order valence-corrected chi connectivity index (χ4v) is 1.54. The molecule has 0 fully saturated rings. The monoisotopic (exact) mass is 267 g/mol. The summed E-state index contributed by atoms with van der Waals surface area (Å²) in [6.07, 6.45) is -0.761. The molecule has 1 atom stereocenters. The van der Waals surface area contributed by atoms with Gasteiger partial charge >= 0.3 is 5.97 Å². The van der Waals surface area contributed by atoms with Gasteiger partial charge in [0.05, 0.1) is 5.56 Å². The molecule has 0 spiro atoms. The van der Waals surface area contributed by atoms with Gasteiger partial charge in [-0.1, -0.05) is 18.2 Å². The Morgan fingerprint density at radius 1 is 1.05 bits per heavy atom. The maximum absolute atomic E-state index is 11.7. The number of esters is 1. The Hall–Kier alpha value is -2.80. The Bertz CT molecular complexity index is 614. The third kappa shape index (κ3) is 3.59. The molecular formula is C16H13NO3. The molecule has 0 heterocycles. The molecule has 0 N–H and O–H groups in total. The molecule has 0 saturated heterocycles. The van der Waals surface area contributed by atoms with Crippen LogP contribution in [0.2, 0.25) is 0 Å². The van der Waals surface area contributed by atoms with E-state index in [1.807, 2.05) is 36.4 Å².